The fraction of sp³-hybridized carbons (Fsp3) is 0.476. The van der Waals surface area contributed by atoms with E-state index in [9.17, 15) is 22.8 Å². The number of aromatic nitrogens is 2. The van der Waals surface area contributed by atoms with E-state index in [0.717, 1.165) is 43.1 Å². The molecular weight excluding hydrogens is 413 g/mol. The zero-order valence-electron chi connectivity index (χ0n) is 16.8. The maximum Gasteiger partial charge on any atom is 0.416 e. The van der Waals surface area contributed by atoms with Crippen LogP contribution in [0.1, 0.15) is 40.9 Å². The zero-order chi connectivity index (χ0) is 22.2. The number of aromatic carboxylic acids is 1. The van der Waals surface area contributed by atoms with Crippen LogP contribution in [0, 0.1) is 5.41 Å². The predicted molar refractivity (Wildman–Crippen MR) is 105 cm³/mol. The summed E-state index contributed by atoms with van der Waals surface area (Å²) in [6, 6.07) is 6.40. The van der Waals surface area contributed by atoms with Crippen LogP contribution in [-0.2, 0) is 12.7 Å². The molecule has 0 unspecified atom stereocenters. The summed E-state index contributed by atoms with van der Waals surface area (Å²) in [6.07, 6.45) is -0.460. The number of hydrogen-bond acceptors (Lipinski definition) is 4. The van der Waals surface area contributed by atoms with E-state index >= 15 is 0 Å². The van der Waals surface area contributed by atoms with Gasteiger partial charge in [0.15, 0.2) is 5.69 Å². The molecule has 1 spiro atoms. The number of carboxylic acid groups (broad SMARTS) is 1. The van der Waals surface area contributed by atoms with Crippen LogP contribution in [0.3, 0.4) is 0 Å². The van der Waals surface area contributed by atoms with Crippen LogP contribution >= 0.6 is 0 Å². The lowest BCUT2D eigenvalue weighted by Crippen LogP contribution is -2.45. The van der Waals surface area contributed by atoms with Gasteiger partial charge in [-0.15, -0.1) is 0 Å². The van der Waals surface area contributed by atoms with Gasteiger partial charge in [0.05, 0.1) is 5.56 Å². The summed E-state index contributed by atoms with van der Waals surface area (Å²) in [4.78, 5) is 27.4. The lowest BCUT2D eigenvalue weighted by molar-refractivity contribution is -0.137. The maximum atomic E-state index is 13.0. The second-order valence-electron chi connectivity index (χ2n) is 8.38. The zero-order valence-corrected chi connectivity index (χ0v) is 16.8. The van der Waals surface area contributed by atoms with Gasteiger partial charge in [-0.3, -0.25) is 4.90 Å². The van der Waals surface area contributed by atoms with E-state index in [1.807, 2.05) is 0 Å². The predicted octanol–water partition coefficient (Wildman–Crippen LogP) is 3.56. The molecule has 1 aromatic carbocycles. The van der Waals surface area contributed by atoms with Gasteiger partial charge in [-0.2, -0.15) is 23.0 Å². The monoisotopic (exact) mass is 436 g/mol. The van der Waals surface area contributed by atoms with Gasteiger partial charge in [0, 0.05) is 32.4 Å². The van der Waals surface area contributed by atoms with E-state index < -0.39 is 17.7 Å². The summed E-state index contributed by atoms with van der Waals surface area (Å²) >= 11 is 0. The summed E-state index contributed by atoms with van der Waals surface area (Å²) in [6.45, 7) is 3.15. The Morgan fingerprint density at radius 1 is 1.10 bits per heavy atom. The molecule has 166 valence electrons. The first kappa shape index (κ1) is 21.4. The third kappa shape index (κ3) is 4.58. The summed E-state index contributed by atoms with van der Waals surface area (Å²) in [5, 5.41) is 12.7. The van der Waals surface area contributed by atoms with Crippen LogP contribution in [0.5, 0.6) is 0 Å². The summed E-state index contributed by atoms with van der Waals surface area (Å²) in [5.41, 5.74) is -0.111. The Morgan fingerprint density at radius 3 is 2.45 bits per heavy atom. The fourth-order valence-corrected chi connectivity index (χ4v) is 4.54. The van der Waals surface area contributed by atoms with Crippen LogP contribution < -0.4 is 0 Å². The van der Waals surface area contributed by atoms with Gasteiger partial charge in [0.1, 0.15) is 0 Å². The SMILES string of the molecule is O=C(O)c1ccn(C(=O)N2CCC3(CCN(Cc4cccc(C(F)(F)F)c4)C3)CC2)n1. The smallest absolute Gasteiger partial charge is 0.416 e. The van der Waals surface area contributed by atoms with E-state index in [0.29, 0.717) is 25.2 Å². The van der Waals surface area contributed by atoms with Gasteiger partial charge >= 0.3 is 18.2 Å². The Morgan fingerprint density at radius 2 is 1.81 bits per heavy atom. The minimum Gasteiger partial charge on any atom is -0.476 e. The van der Waals surface area contributed by atoms with Crippen LogP contribution in [0.25, 0.3) is 0 Å². The van der Waals surface area contributed by atoms with Crippen LogP contribution in [0.4, 0.5) is 18.0 Å². The number of alkyl halides is 3. The van der Waals surface area contributed by atoms with Crippen molar-refractivity contribution < 1.29 is 27.9 Å². The molecule has 0 atom stereocenters. The highest BCUT2D eigenvalue weighted by molar-refractivity contribution is 5.86. The van der Waals surface area contributed by atoms with Crippen LogP contribution in [0.15, 0.2) is 36.5 Å². The number of benzene rings is 1. The Hall–Kier alpha value is -2.88. The molecule has 31 heavy (non-hydrogen) atoms. The Bertz CT molecular complexity index is 980. The summed E-state index contributed by atoms with van der Waals surface area (Å²) in [7, 11) is 0. The van der Waals surface area contributed by atoms with Gasteiger partial charge in [0.2, 0.25) is 0 Å². The molecule has 1 N–H and O–H groups in total. The Labute approximate surface area is 177 Å². The van der Waals surface area contributed by atoms with Gasteiger partial charge in [-0.1, -0.05) is 18.2 Å². The molecule has 0 saturated carbocycles. The first-order chi connectivity index (χ1) is 14.7. The highest BCUT2D eigenvalue weighted by Gasteiger charge is 2.41. The van der Waals surface area contributed by atoms with Crippen molar-refractivity contribution in [2.24, 2.45) is 5.41 Å². The van der Waals surface area contributed by atoms with E-state index in [1.54, 1.807) is 11.0 Å². The molecule has 2 aliphatic rings. The average Bonchev–Trinajstić information content (AvgIpc) is 3.36. The number of carbonyl (C=O) groups excluding carboxylic acids is 1. The maximum absolute atomic E-state index is 13.0. The second kappa shape index (κ2) is 7.99. The number of hydrogen-bond donors (Lipinski definition) is 1. The number of halogens is 3. The molecule has 4 rings (SSSR count). The Kier molecular flexibility index (Phi) is 5.50. The normalized spacial score (nSPS) is 19.1. The van der Waals surface area contributed by atoms with Crippen molar-refractivity contribution in [1.82, 2.24) is 19.6 Å². The largest absolute Gasteiger partial charge is 0.476 e. The number of carbonyl (C=O) groups is 2. The quantitative estimate of drug-likeness (QED) is 0.796. The number of rotatable bonds is 3. The molecule has 1 amide bonds. The molecule has 2 saturated heterocycles. The molecule has 0 radical (unpaired) electrons. The third-order valence-electron chi connectivity index (χ3n) is 6.28. The van der Waals surface area contributed by atoms with Crippen LogP contribution in [-0.4, -0.2) is 62.9 Å². The summed E-state index contributed by atoms with van der Waals surface area (Å²) < 4.78 is 39.9. The van der Waals surface area contributed by atoms with Gasteiger partial charge < -0.3 is 10.0 Å². The average molecular weight is 436 g/mol. The van der Waals surface area contributed by atoms with E-state index in [1.165, 1.54) is 24.4 Å². The topological polar surface area (TPSA) is 78.7 Å². The van der Waals surface area contributed by atoms with Gasteiger partial charge in [-0.25, -0.2) is 9.59 Å². The number of amides is 1. The molecule has 3 heterocycles. The molecular formula is C21H23F3N4O3. The first-order valence-corrected chi connectivity index (χ1v) is 10.1. The highest BCUT2D eigenvalue weighted by atomic mass is 19.4. The first-order valence-electron chi connectivity index (χ1n) is 10.1. The summed E-state index contributed by atoms with van der Waals surface area (Å²) in [5.74, 6) is -1.18. The molecule has 2 aliphatic heterocycles. The van der Waals surface area contributed by atoms with Gasteiger partial charge in [-0.05, 0) is 48.9 Å². The van der Waals surface area contributed by atoms with Gasteiger partial charge in [0.25, 0.3) is 0 Å². The number of likely N-dealkylation sites (tertiary alicyclic amines) is 2. The Balaban J connectivity index is 1.33. The number of carboxylic acids is 1. The minimum absolute atomic E-state index is 0.0504. The molecule has 2 aromatic rings. The molecule has 10 heteroatoms. The molecule has 1 aromatic heterocycles. The van der Waals surface area contributed by atoms with Crippen LogP contribution in [0.2, 0.25) is 0 Å². The number of nitrogens with zero attached hydrogens (tertiary/aromatic N) is 4. The van der Waals surface area contributed by atoms with Crippen molar-refractivity contribution in [3.8, 4) is 0 Å². The van der Waals surface area contributed by atoms with Crippen molar-refractivity contribution in [1.29, 1.82) is 0 Å². The van der Waals surface area contributed by atoms with Crippen molar-refractivity contribution >= 4 is 12.0 Å². The van der Waals surface area contributed by atoms with Crippen molar-refractivity contribution in [3.63, 3.8) is 0 Å². The van der Waals surface area contributed by atoms with Crippen molar-refractivity contribution in [3.05, 3.63) is 53.3 Å². The van der Waals surface area contributed by atoms with E-state index in [-0.39, 0.29) is 17.1 Å². The molecule has 2 fully saturated rings. The van der Waals surface area contributed by atoms with Crippen molar-refractivity contribution in [2.75, 3.05) is 26.2 Å². The van der Waals surface area contributed by atoms with E-state index in [2.05, 4.69) is 10.00 Å². The molecule has 0 aliphatic carbocycles. The number of piperidine rings is 1. The molecule has 7 nitrogen and oxygen atoms in total. The third-order valence-corrected chi connectivity index (χ3v) is 6.28. The lowest BCUT2D eigenvalue weighted by Gasteiger charge is -2.39. The standard InChI is InChI=1S/C21H23F3N4O3/c22-21(23,24)16-3-1-2-15(12-16)13-26-9-5-20(14-26)6-10-27(11-7-20)19(31)28-8-4-17(25-28)18(29)30/h1-4,8,12H,5-7,9-11,13-14H2,(H,29,30). The lowest BCUT2D eigenvalue weighted by atomic mass is 9.78. The highest BCUT2D eigenvalue weighted by Crippen LogP contribution is 2.41. The fourth-order valence-electron chi connectivity index (χ4n) is 4.54. The molecule has 0 bridgehead atoms. The second-order valence-corrected chi connectivity index (χ2v) is 8.38. The van der Waals surface area contributed by atoms with Crippen molar-refractivity contribution in [2.45, 2.75) is 32.0 Å². The minimum atomic E-state index is -4.35. The van der Waals surface area contributed by atoms with E-state index in [4.69, 9.17) is 5.11 Å².